The largest absolute Gasteiger partial charge is 0.390 e. The van der Waals surface area contributed by atoms with Crippen LogP contribution in [0.5, 0.6) is 0 Å². The Morgan fingerprint density at radius 3 is 2.00 bits per heavy atom. The minimum absolute atomic E-state index is 0.307. The zero-order valence-corrected chi connectivity index (χ0v) is 10.5. The summed E-state index contributed by atoms with van der Waals surface area (Å²) in [5.41, 5.74) is 0. The number of hydrogen-bond donors (Lipinski definition) is 1. The topological polar surface area (TPSA) is 38.7 Å². The lowest BCUT2D eigenvalue weighted by Gasteiger charge is -2.17. The molecule has 0 aliphatic rings. The molecule has 0 radical (unpaired) electrons. The van der Waals surface area contributed by atoms with Gasteiger partial charge in [0.2, 0.25) is 0 Å². The number of hydrogen-bond acceptors (Lipinski definition) is 3. The molecule has 0 amide bonds. The maximum atomic E-state index is 9.60. The predicted octanol–water partition coefficient (Wildman–Crippen LogP) is 2.08. The molecule has 92 valence electrons. The van der Waals surface area contributed by atoms with Crippen LogP contribution in [0.3, 0.4) is 0 Å². The van der Waals surface area contributed by atoms with Crippen molar-refractivity contribution in [3.05, 3.63) is 0 Å². The standard InChI is InChI=1S/C12H26O3/c1-5-11(4)12(13)9-15-7-6-14-8-10(2)3/h10-13H,5-9H2,1-4H3. The zero-order valence-electron chi connectivity index (χ0n) is 10.5. The molecule has 0 fully saturated rings. The van der Waals surface area contributed by atoms with Crippen molar-refractivity contribution >= 4 is 0 Å². The van der Waals surface area contributed by atoms with Crippen molar-refractivity contribution in [2.24, 2.45) is 11.8 Å². The van der Waals surface area contributed by atoms with E-state index < -0.39 is 0 Å². The van der Waals surface area contributed by atoms with Crippen LogP contribution in [0.4, 0.5) is 0 Å². The van der Waals surface area contributed by atoms with Gasteiger partial charge in [-0.3, -0.25) is 0 Å². The molecule has 3 nitrogen and oxygen atoms in total. The summed E-state index contributed by atoms with van der Waals surface area (Å²) in [6.45, 7) is 10.7. The number of ether oxygens (including phenoxy) is 2. The quantitative estimate of drug-likeness (QED) is 0.602. The van der Waals surface area contributed by atoms with Crippen LogP contribution in [0.15, 0.2) is 0 Å². The van der Waals surface area contributed by atoms with Crippen LogP contribution in [0.2, 0.25) is 0 Å². The van der Waals surface area contributed by atoms with Gasteiger partial charge < -0.3 is 14.6 Å². The summed E-state index contributed by atoms with van der Waals surface area (Å²) >= 11 is 0. The smallest absolute Gasteiger partial charge is 0.0799 e. The normalized spacial score (nSPS) is 15.6. The summed E-state index contributed by atoms with van der Waals surface area (Å²) in [5, 5.41) is 9.60. The molecule has 0 spiro atoms. The average molecular weight is 218 g/mol. The van der Waals surface area contributed by atoms with E-state index in [1.807, 2.05) is 6.92 Å². The highest BCUT2D eigenvalue weighted by atomic mass is 16.5. The van der Waals surface area contributed by atoms with E-state index in [1.165, 1.54) is 0 Å². The maximum absolute atomic E-state index is 9.60. The first kappa shape index (κ1) is 14.9. The molecule has 0 saturated carbocycles. The van der Waals surface area contributed by atoms with Gasteiger partial charge in [-0.1, -0.05) is 34.1 Å². The molecule has 15 heavy (non-hydrogen) atoms. The lowest BCUT2D eigenvalue weighted by atomic mass is 10.0. The van der Waals surface area contributed by atoms with E-state index in [-0.39, 0.29) is 6.10 Å². The Morgan fingerprint density at radius 2 is 1.53 bits per heavy atom. The molecule has 2 atom stereocenters. The van der Waals surface area contributed by atoms with Gasteiger partial charge in [0, 0.05) is 6.61 Å². The van der Waals surface area contributed by atoms with Crippen LogP contribution < -0.4 is 0 Å². The summed E-state index contributed by atoms with van der Waals surface area (Å²) in [5.74, 6) is 0.872. The second-order valence-corrected chi connectivity index (χ2v) is 4.50. The molecule has 0 aromatic rings. The summed E-state index contributed by atoms with van der Waals surface area (Å²) in [6.07, 6.45) is 0.633. The van der Waals surface area contributed by atoms with Gasteiger partial charge in [0.15, 0.2) is 0 Å². The molecule has 2 unspecified atom stereocenters. The number of aliphatic hydroxyl groups is 1. The first-order chi connectivity index (χ1) is 7.07. The molecular formula is C12H26O3. The minimum Gasteiger partial charge on any atom is -0.390 e. The van der Waals surface area contributed by atoms with Crippen molar-refractivity contribution < 1.29 is 14.6 Å². The van der Waals surface area contributed by atoms with Crippen LogP contribution in [0, 0.1) is 11.8 Å². The van der Waals surface area contributed by atoms with Crippen LogP contribution in [-0.4, -0.2) is 37.6 Å². The number of aliphatic hydroxyl groups excluding tert-OH is 1. The van der Waals surface area contributed by atoms with E-state index in [0.717, 1.165) is 13.0 Å². The summed E-state index contributed by atoms with van der Waals surface area (Å²) < 4.78 is 10.7. The van der Waals surface area contributed by atoms with Gasteiger partial charge in [-0.2, -0.15) is 0 Å². The Morgan fingerprint density at radius 1 is 1.00 bits per heavy atom. The van der Waals surface area contributed by atoms with E-state index in [1.54, 1.807) is 0 Å². The summed E-state index contributed by atoms with van der Waals surface area (Å²) in [6, 6.07) is 0. The van der Waals surface area contributed by atoms with Crippen molar-refractivity contribution in [3.8, 4) is 0 Å². The lowest BCUT2D eigenvalue weighted by Crippen LogP contribution is -2.24. The first-order valence-corrected chi connectivity index (χ1v) is 5.91. The molecule has 0 aliphatic heterocycles. The molecule has 3 heteroatoms. The number of rotatable bonds is 9. The van der Waals surface area contributed by atoms with E-state index in [2.05, 4.69) is 20.8 Å². The van der Waals surface area contributed by atoms with Crippen molar-refractivity contribution in [2.75, 3.05) is 26.4 Å². The molecule has 0 bridgehead atoms. The van der Waals surface area contributed by atoms with Crippen molar-refractivity contribution in [1.82, 2.24) is 0 Å². The highest BCUT2D eigenvalue weighted by Crippen LogP contribution is 2.07. The van der Waals surface area contributed by atoms with Gasteiger partial charge in [-0.15, -0.1) is 0 Å². The van der Waals surface area contributed by atoms with Crippen molar-refractivity contribution in [3.63, 3.8) is 0 Å². The van der Waals surface area contributed by atoms with Gasteiger partial charge >= 0.3 is 0 Å². The first-order valence-electron chi connectivity index (χ1n) is 5.91. The summed E-state index contributed by atoms with van der Waals surface area (Å²) in [7, 11) is 0. The summed E-state index contributed by atoms with van der Waals surface area (Å²) in [4.78, 5) is 0. The Kier molecular flexibility index (Phi) is 9.06. The Balaban J connectivity index is 3.23. The molecule has 0 aliphatic carbocycles. The van der Waals surface area contributed by atoms with Gasteiger partial charge in [0.25, 0.3) is 0 Å². The molecule has 0 saturated heterocycles. The highest BCUT2D eigenvalue weighted by molar-refractivity contribution is 4.61. The van der Waals surface area contributed by atoms with Crippen LogP contribution in [0.1, 0.15) is 34.1 Å². The van der Waals surface area contributed by atoms with Gasteiger partial charge in [-0.25, -0.2) is 0 Å². The van der Waals surface area contributed by atoms with Crippen LogP contribution in [-0.2, 0) is 9.47 Å². The minimum atomic E-state index is -0.347. The Bertz CT molecular complexity index is 137. The van der Waals surface area contributed by atoms with E-state index in [9.17, 15) is 5.11 Å². The van der Waals surface area contributed by atoms with E-state index in [0.29, 0.717) is 31.7 Å². The fourth-order valence-electron chi connectivity index (χ4n) is 1.08. The maximum Gasteiger partial charge on any atom is 0.0799 e. The zero-order chi connectivity index (χ0) is 11.7. The fraction of sp³-hybridized carbons (Fsp3) is 1.00. The second-order valence-electron chi connectivity index (χ2n) is 4.50. The van der Waals surface area contributed by atoms with Gasteiger partial charge in [0.05, 0.1) is 25.9 Å². The van der Waals surface area contributed by atoms with Crippen LogP contribution >= 0.6 is 0 Å². The van der Waals surface area contributed by atoms with Crippen molar-refractivity contribution in [2.45, 2.75) is 40.2 Å². The molecule has 0 heterocycles. The van der Waals surface area contributed by atoms with Crippen LogP contribution in [0.25, 0.3) is 0 Å². The average Bonchev–Trinajstić information content (AvgIpc) is 2.21. The van der Waals surface area contributed by atoms with Crippen molar-refractivity contribution in [1.29, 1.82) is 0 Å². The fourth-order valence-corrected chi connectivity index (χ4v) is 1.08. The Hall–Kier alpha value is -0.120. The second kappa shape index (κ2) is 9.13. The third-order valence-corrected chi connectivity index (χ3v) is 2.41. The molecular weight excluding hydrogens is 192 g/mol. The van der Waals surface area contributed by atoms with E-state index in [4.69, 9.17) is 9.47 Å². The van der Waals surface area contributed by atoms with Gasteiger partial charge in [0.1, 0.15) is 0 Å². The lowest BCUT2D eigenvalue weighted by molar-refractivity contribution is -0.0174. The highest BCUT2D eigenvalue weighted by Gasteiger charge is 2.11. The third kappa shape index (κ3) is 8.85. The van der Waals surface area contributed by atoms with Gasteiger partial charge in [-0.05, 0) is 11.8 Å². The molecule has 1 N–H and O–H groups in total. The Labute approximate surface area is 93.8 Å². The molecule has 0 rings (SSSR count). The SMILES string of the molecule is CCC(C)C(O)COCCOCC(C)C. The monoisotopic (exact) mass is 218 g/mol. The molecule has 0 aromatic carbocycles. The predicted molar refractivity (Wildman–Crippen MR) is 61.9 cm³/mol. The van der Waals surface area contributed by atoms with E-state index >= 15 is 0 Å². The third-order valence-electron chi connectivity index (χ3n) is 2.41. The molecule has 0 aromatic heterocycles.